The lowest BCUT2D eigenvalue weighted by Crippen LogP contribution is -2.49. The SMILES string of the molecule is CC(C)(C)OC(=O)N1CCCN(c2ncc(C(C)(C)C)c3cc(Cl)ncc23)C1. The van der Waals surface area contributed by atoms with Gasteiger partial charge >= 0.3 is 6.09 Å². The van der Waals surface area contributed by atoms with Crippen molar-refractivity contribution in [2.45, 2.75) is 59.0 Å². The van der Waals surface area contributed by atoms with Gasteiger partial charge < -0.3 is 9.64 Å². The zero-order valence-corrected chi connectivity index (χ0v) is 18.3. The van der Waals surface area contributed by atoms with Crippen molar-refractivity contribution < 1.29 is 9.53 Å². The molecule has 152 valence electrons. The Kier molecular flexibility index (Phi) is 5.45. The summed E-state index contributed by atoms with van der Waals surface area (Å²) in [5, 5.41) is 2.46. The van der Waals surface area contributed by atoms with Gasteiger partial charge in [0.25, 0.3) is 0 Å². The summed E-state index contributed by atoms with van der Waals surface area (Å²) in [5.74, 6) is 0.820. The van der Waals surface area contributed by atoms with Gasteiger partial charge in [-0.2, -0.15) is 0 Å². The monoisotopic (exact) mass is 404 g/mol. The van der Waals surface area contributed by atoms with Crippen molar-refractivity contribution in [3.05, 3.63) is 29.2 Å². The van der Waals surface area contributed by atoms with Crippen molar-refractivity contribution in [3.8, 4) is 0 Å². The van der Waals surface area contributed by atoms with Crippen LogP contribution < -0.4 is 4.90 Å². The summed E-state index contributed by atoms with van der Waals surface area (Å²) >= 11 is 6.19. The highest BCUT2D eigenvalue weighted by Gasteiger charge is 2.28. The molecule has 1 amide bonds. The Hall–Kier alpha value is -2.08. The zero-order valence-electron chi connectivity index (χ0n) is 17.5. The molecule has 3 rings (SSSR count). The second-order valence-electron chi connectivity index (χ2n) is 9.30. The molecule has 1 aliphatic heterocycles. The van der Waals surface area contributed by atoms with Crippen LogP contribution in [0.3, 0.4) is 0 Å². The summed E-state index contributed by atoms with van der Waals surface area (Å²) in [6.07, 6.45) is 4.25. The van der Waals surface area contributed by atoms with E-state index < -0.39 is 5.60 Å². The molecule has 6 nitrogen and oxygen atoms in total. The Morgan fingerprint density at radius 3 is 2.43 bits per heavy atom. The fourth-order valence-corrected chi connectivity index (χ4v) is 3.55. The van der Waals surface area contributed by atoms with Crippen LogP contribution in [0.5, 0.6) is 0 Å². The Morgan fingerprint density at radius 2 is 1.79 bits per heavy atom. The van der Waals surface area contributed by atoms with E-state index in [1.807, 2.05) is 33.0 Å². The van der Waals surface area contributed by atoms with E-state index in [-0.39, 0.29) is 11.5 Å². The minimum Gasteiger partial charge on any atom is -0.444 e. The minimum absolute atomic E-state index is 0.0705. The Labute approximate surface area is 171 Å². The van der Waals surface area contributed by atoms with Crippen LogP contribution in [-0.2, 0) is 10.2 Å². The number of halogens is 1. The van der Waals surface area contributed by atoms with Crippen LogP contribution in [-0.4, -0.2) is 46.3 Å². The van der Waals surface area contributed by atoms with Crippen LogP contribution in [0.4, 0.5) is 10.6 Å². The first-order chi connectivity index (χ1) is 13.0. The predicted octanol–water partition coefficient (Wildman–Crippen LogP) is 4.99. The number of hydrogen-bond acceptors (Lipinski definition) is 5. The highest BCUT2D eigenvalue weighted by Crippen LogP contribution is 2.35. The van der Waals surface area contributed by atoms with Crippen molar-refractivity contribution in [2.24, 2.45) is 0 Å². The van der Waals surface area contributed by atoms with E-state index in [4.69, 9.17) is 21.3 Å². The van der Waals surface area contributed by atoms with Gasteiger partial charge in [-0.25, -0.2) is 14.8 Å². The third-order valence-corrected chi connectivity index (χ3v) is 4.88. The molecular weight excluding hydrogens is 376 g/mol. The smallest absolute Gasteiger partial charge is 0.411 e. The molecule has 2 aromatic heterocycles. The number of fused-ring (bicyclic) bond motifs is 1. The third-order valence-electron chi connectivity index (χ3n) is 4.67. The fourth-order valence-electron chi connectivity index (χ4n) is 3.39. The molecule has 0 N–H and O–H groups in total. The molecule has 0 atom stereocenters. The zero-order chi connectivity index (χ0) is 20.7. The highest BCUT2D eigenvalue weighted by molar-refractivity contribution is 6.30. The Morgan fingerprint density at radius 1 is 1.07 bits per heavy atom. The first-order valence-corrected chi connectivity index (χ1v) is 10.0. The number of anilines is 1. The molecule has 0 saturated carbocycles. The van der Waals surface area contributed by atoms with Crippen molar-refractivity contribution in [1.82, 2.24) is 14.9 Å². The number of amides is 1. The average Bonchev–Trinajstić information content (AvgIpc) is 2.58. The number of carbonyl (C=O) groups excluding carboxylic acids is 1. The van der Waals surface area contributed by atoms with Gasteiger partial charge in [-0.05, 0) is 49.6 Å². The Balaban J connectivity index is 1.96. The van der Waals surface area contributed by atoms with Crippen molar-refractivity contribution >= 4 is 34.3 Å². The standard InChI is InChI=1S/C21H29ClN4O2/c1-20(2,3)16-12-24-18(15-11-23-17(22)10-14(15)16)25-8-7-9-26(13-25)19(27)28-21(4,5)6/h10-12H,7-9,13H2,1-6H3. The maximum Gasteiger partial charge on any atom is 0.411 e. The molecule has 3 heterocycles. The van der Waals surface area contributed by atoms with Gasteiger partial charge in [-0.3, -0.25) is 4.90 Å². The first-order valence-electron chi connectivity index (χ1n) is 9.63. The summed E-state index contributed by atoms with van der Waals surface area (Å²) in [5.41, 5.74) is 0.537. The van der Waals surface area contributed by atoms with Crippen molar-refractivity contribution in [3.63, 3.8) is 0 Å². The molecule has 1 aliphatic rings. The van der Waals surface area contributed by atoms with E-state index in [1.165, 1.54) is 0 Å². The molecule has 28 heavy (non-hydrogen) atoms. The molecule has 0 bridgehead atoms. The summed E-state index contributed by atoms with van der Waals surface area (Å²) in [6.45, 7) is 14.0. The Bertz CT molecular complexity index is 886. The fraction of sp³-hybridized carbons (Fsp3) is 0.571. The van der Waals surface area contributed by atoms with E-state index >= 15 is 0 Å². The van der Waals surface area contributed by atoms with Crippen LogP contribution in [0.2, 0.25) is 5.15 Å². The summed E-state index contributed by atoms with van der Waals surface area (Å²) < 4.78 is 5.54. The molecule has 0 aromatic carbocycles. The van der Waals surface area contributed by atoms with E-state index in [1.54, 1.807) is 11.1 Å². The van der Waals surface area contributed by atoms with Gasteiger partial charge in [0, 0.05) is 30.9 Å². The molecular formula is C21H29ClN4O2. The number of rotatable bonds is 1. The number of hydrogen-bond donors (Lipinski definition) is 0. The maximum absolute atomic E-state index is 12.5. The lowest BCUT2D eigenvalue weighted by Gasteiger charge is -2.37. The molecule has 0 spiro atoms. The van der Waals surface area contributed by atoms with Crippen LogP contribution >= 0.6 is 11.6 Å². The van der Waals surface area contributed by atoms with E-state index in [0.29, 0.717) is 18.4 Å². The summed E-state index contributed by atoms with van der Waals surface area (Å²) in [4.78, 5) is 25.4. The van der Waals surface area contributed by atoms with Crippen LogP contribution in [0.15, 0.2) is 18.5 Å². The predicted molar refractivity (Wildman–Crippen MR) is 113 cm³/mol. The first kappa shape index (κ1) is 20.6. The van der Waals surface area contributed by atoms with Crippen LogP contribution in [0.25, 0.3) is 10.8 Å². The van der Waals surface area contributed by atoms with E-state index in [2.05, 4.69) is 30.7 Å². The summed E-state index contributed by atoms with van der Waals surface area (Å²) in [7, 11) is 0. The van der Waals surface area contributed by atoms with Crippen LogP contribution in [0.1, 0.15) is 53.5 Å². The van der Waals surface area contributed by atoms with Gasteiger partial charge in [0.15, 0.2) is 0 Å². The number of ether oxygens (including phenoxy) is 1. The second kappa shape index (κ2) is 7.39. The van der Waals surface area contributed by atoms with Gasteiger partial charge in [0.05, 0.1) is 6.67 Å². The minimum atomic E-state index is -0.515. The third kappa shape index (κ3) is 4.49. The maximum atomic E-state index is 12.5. The molecule has 7 heteroatoms. The number of aromatic nitrogens is 2. The summed E-state index contributed by atoms with van der Waals surface area (Å²) in [6, 6.07) is 1.90. The quantitative estimate of drug-likeness (QED) is 0.627. The normalized spacial score (nSPS) is 15.8. The molecule has 1 saturated heterocycles. The molecule has 0 unspecified atom stereocenters. The average molecular weight is 405 g/mol. The number of carbonyl (C=O) groups is 1. The lowest BCUT2D eigenvalue weighted by molar-refractivity contribution is 0.0225. The molecule has 0 aliphatic carbocycles. The largest absolute Gasteiger partial charge is 0.444 e. The van der Waals surface area contributed by atoms with E-state index in [9.17, 15) is 4.79 Å². The second-order valence-corrected chi connectivity index (χ2v) is 9.69. The number of nitrogens with zero attached hydrogens (tertiary/aromatic N) is 4. The molecule has 1 fully saturated rings. The van der Waals surface area contributed by atoms with Gasteiger partial charge in [0.2, 0.25) is 0 Å². The van der Waals surface area contributed by atoms with Crippen molar-refractivity contribution in [2.75, 3.05) is 24.7 Å². The lowest BCUT2D eigenvalue weighted by atomic mass is 9.85. The molecule has 2 aromatic rings. The van der Waals surface area contributed by atoms with Crippen molar-refractivity contribution in [1.29, 1.82) is 0 Å². The molecule has 0 radical (unpaired) electrons. The van der Waals surface area contributed by atoms with Crippen LogP contribution in [0, 0.1) is 0 Å². The van der Waals surface area contributed by atoms with Gasteiger partial charge in [-0.15, -0.1) is 0 Å². The van der Waals surface area contributed by atoms with Gasteiger partial charge in [-0.1, -0.05) is 32.4 Å². The number of pyridine rings is 2. The topological polar surface area (TPSA) is 58.6 Å². The highest BCUT2D eigenvalue weighted by atomic mass is 35.5. The van der Waals surface area contributed by atoms with Gasteiger partial charge in [0.1, 0.15) is 16.6 Å². The van der Waals surface area contributed by atoms with E-state index in [0.717, 1.165) is 35.1 Å².